The van der Waals surface area contributed by atoms with Gasteiger partial charge < -0.3 is 5.32 Å². The van der Waals surface area contributed by atoms with Crippen LogP contribution < -0.4 is 5.32 Å². The second-order valence-electron chi connectivity index (χ2n) is 6.68. The van der Waals surface area contributed by atoms with Crippen LogP contribution in [-0.2, 0) is 16.4 Å². The van der Waals surface area contributed by atoms with Gasteiger partial charge in [-0.3, -0.25) is 4.79 Å². The normalized spacial score (nSPS) is 16.8. The molecule has 6 nitrogen and oxygen atoms in total. The fourth-order valence-electron chi connectivity index (χ4n) is 3.16. The summed E-state index contributed by atoms with van der Waals surface area (Å²) in [6, 6.07) is 6.14. The van der Waals surface area contributed by atoms with Crippen LogP contribution in [0.25, 0.3) is 0 Å². The topological polar surface area (TPSA) is 79.4 Å². The average molecular weight is 408 g/mol. The van der Waals surface area contributed by atoms with E-state index in [9.17, 15) is 13.2 Å². The molecule has 1 aliphatic rings. The molecule has 1 aromatic carbocycles. The second kappa shape index (κ2) is 8.50. The molecule has 2 aromatic rings. The van der Waals surface area contributed by atoms with Crippen molar-refractivity contribution in [3.63, 3.8) is 0 Å². The number of hydrogen-bond donors (Lipinski definition) is 1. The highest BCUT2D eigenvalue weighted by Crippen LogP contribution is 2.24. The van der Waals surface area contributed by atoms with Gasteiger partial charge >= 0.3 is 0 Å². The standard InChI is InChI=1S/C19H25N3O3S2/c1-3-18-21-16(13-26-18)14(2)20-19(23)15-9-5-6-10-17(15)27(24,25)22-11-7-4-8-12-22/h5-6,9-10,13-14H,3-4,7-8,11-12H2,1-2H3,(H,20,23). The molecule has 1 atom stereocenters. The number of carbonyl (C=O) groups is 1. The van der Waals surface area contributed by atoms with Crippen LogP contribution in [0.5, 0.6) is 0 Å². The van der Waals surface area contributed by atoms with Crippen LogP contribution in [0.3, 0.4) is 0 Å². The van der Waals surface area contributed by atoms with Gasteiger partial charge in [0.05, 0.1) is 27.2 Å². The van der Waals surface area contributed by atoms with Gasteiger partial charge in [-0.1, -0.05) is 25.5 Å². The van der Waals surface area contributed by atoms with Gasteiger partial charge in [-0.05, 0) is 38.3 Å². The van der Waals surface area contributed by atoms with Gasteiger partial charge in [0.15, 0.2) is 0 Å². The highest BCUT2D eigenvalue weighted by Gasteiger charge is 2.30. The Balaban J connectivity index is 1.83. The van der Waals surface area contributed by atoms with E-state index in [-0.39, 0.29) is 16.5 Å². The van der Waals surface area contributed by atoms with Crippen molar-refractivity contribution in [3.8, 4) is 0 Å². The molecular formula is C19H25N3O3S2. The summed E-state index contributed by atoms with van der Waals surface area (Å²) in [5.74, 6) is -0.398. The summed E-state index contributed by atoms with van der Waals surface area (Å²) >= 11 is 1.56. The van der Waals surface area contributed by atoms with Gasteiger partial charge in [-0.2, -0.15) is 4.31 Å². The Morgan fingerprint density at radius 3 is 2.63 bits per heavy atom. The van der Waals surface area contributed by atoms with Crippen molar-refractivity contribution in [3.05, 3.63) is 45.9 Å². The highest BCUT2D eigenvalue weighted by molar-refractivity contribution is 7.89. The number of nitrogens with one attached hydrogen (secondary N) is 1. The van der Waals surface area contributed by atoms with E-state index in [4.69, 9.17) is 0 Å². The molecule has 0 bridgehead atoms. The molecule has 1 amide bonds. The fraction of sp³-hybridized carbons (Fsp3) is 0.474. The van der Waals surface area contributed by atoms with E-state index in [0.29, 0.717) is 13.1 Å². The SMILES string of the molecule is CCc1nc(C(C)NC(=O)c2ccccc2S(=O)(=O)N2CCCCC2)cs1. The molecule has 27 heavy (non-hydrogen) atoms. The van der Waals surface area contributed by atoms with Gasteiger partial charge in [-0.15, -0.1) is 11.3 Å². The first-order valence-corrected chi connectivity index (χ1v) is 11.6. The first-order valence-electron chi connectivity index (χ1n) is 9.28. The molecule has 0 aliphatic carbocycles. The van der Waals surface area contributed by atoms with Crippen LogP contribution >= 0.6 is 11.3 Å². The lowest BCUT2D eigenvalue weighted by Gasteiger charge is -2.26. The van der Waals surface area contributed by atoms with Crippen LogP contribution in [0.15, 0.2) is 34.5 Å². The van der Waals surface area contributed by atoms with Crippen molar-refractivity contribution >= 4 is 27.3 Å². The lowest BCUT2D eigenvalue weighted by molar-refractivity contribution is 0.0935. The van der Waals surface area contributed by atoms with Crippen molar-refractivity contribution in [1.29, 1.82) is 0 Å². The number of amides is 1. The smallest absolute Gasteiger partial charge is 0.253 e. The molecule has 1 unspecified atom stereocenters. The molecule has 3 rings (SSSR count). The molecule has 2 heterocycles. The molecule has 1 aromatic heterocycles. The number of piperidine rings is 1. The number of nitrogens with zero attached hydrogens (tertiary/aromatic N) is 2. The highest BCUT2D eigenvalue weighted by atomic mass is 32.2. The lowest BCUT2D eigenvalue weighted by Crippen LogP contribution is -2.37. The molecular weight excluding hydrogens is 382 g/mol. The summed E-state index contributed by atoms with van der Waals surface area (Å²) in [4.78, 5) is 17.4. The van der Waals surface area contributed by atoms with Crippen LogP contribution in [0.2, 0.25) is 0 Å². The molecule has 1 N–H and O–H groups in total. The molecule has 0 radical (unpaired) electrons. The zero-order valence-corrected chi connectivity index (χ0v) is 17.3. The van der Waals surface area contributed by atoms with Crippen molar-refractivity contribution in [1.82, 2.24) is 14.6 Å². The van der Waals surface area contributed by atoms with Crippen LogP contribution in [0, 0.1) is 0 Å². The molecule has 0 spiro atoms. The first kappa shape index (κ1) is 20.0. The van der Waals surface area contributed by atoms with E-state index in [2.05, 4.69) is 10.3 Å². The maximum Gasteiger partial charge on any atom is 0.253 e. The third kappa shape index (κ3) is 4.39. The summed E-state index contributed by atoms with van der Waals surface area (Å²) in [6.45, 7) is 4.91. The third-order valence-corrected chi connectivity index (χ3v) is 7.70. The summed E-state index contributed by atoms with van der Waals surface area (Å²) in [7, 11) is -3.68. The van der Waals surface area contributed by atoms with Gasteiger partial charge in [0.1, 0.15) is 0 Å². The zero-order chi connectivity index (χ0) is 19.4. The molecule has 8 heteroatoms. The second-order valence-corrected chi connectivity index (χ2v) is 9.52. The van der Waals surface area contributed by atoms with Crippen LogP contribution in [0.4, 0.5) is 0 Å². The zero-order valence-electron chi connectivity index (χ0n) is 15.6. The molecule has 1 fully saturated rings. The Hall–Kier alpha value is -1.77. The Bertz CT molecular complexity index is 902. The van der Waals surface area contributed by atoms with Crippen molar-refractivity contribution < 1.29 is 13.2 Å². The van der Waals surface area contributed by atoms with E-state index < -0.39 is 15.9 Å². The van der Waals surface area contributed by atoms with E-state index in [0.717, 1.165) is 36.4 Å². The van der Waals surface area contributed by atoms with Gasteiger partial charge in [0, 0.05) is 18.5 Å². The lowest BCUT2D eigenvalue weighted by atomic mass is 10.2. The van der Waals surface area contributed by atoms with E-state index in [1.165, 1.54) is 10.4 Å². The van der Waals surface area contributed by atoms with E-state index >= 15 is 0 Å². The Morgan fingerprint density at radius 1 is 1.26 bits per heavy atom. The summed E-state index contributed by atoms with van der Waals surface area (Å²) in [5, 5.41) is 5.83. The number of benzene rings is 1. The average Bonchev–Trinajstić information content (AvgIpc) is 3.18. The maximum atomic E-state index is 13.0. The minimum atomic E-state index is -3.68. The Kier molecular flexibility index (Phi) is 6.29. The number of aromatic nitrogens is 1. The number of carbonyl (C=O) groups excluding carboxylic acids is 1. The van der Waals surface area contributed by atoms with Crippen LogP contribution in [-0.4, -0.2) is 36.7 Å². The number of sulfonamides is 1. The molecule has 1 aliphatic heterocycles. The number of hydrogen-bond acceptors (Lipinski definition) is 5. The molecule has 0 saturated carbocycles. The van der Waals surface area contributed by atoms with Crippen molar-refractivity contribution in [2.75, 3.05) is 13.1 Å². The van der Waals surface area contributed by atoms with Crippen LogP contribution in [0.1, 0.15) is 60.2 Å². The predicted octanol–water partition coefficient (Wildman–Crippen LogP) is 3.37. The maximum absolute atomic E-state index is 13.0. The summed E-state index contributed by atoms with van der Waals surface area (Å²) in [5.41, 5.74) is 0.974. The van der Waals surface area contributed by atoms with Gasteiger partial charge in [0.25, 0.3) is 5.91 Å². The van der Waals surface area contributed by atoms with Gasteiger partial charge in [0.2, 0.25) is 10.0 Å². The molecule has 146 valence electrons. The fourth-order valence-corrected chi connectivity index (χ4v) is 5.70. The Morgan fingerprint density at radius 2 is 1.96 bits per heavy atom. The number of rotatable bonds is 6. The van der Waals surface area contributed by atoms with Gasteiger partial charge in [-0.25, -0.2) is 13.4 Å². The quantitative estimate of drug-likeness (QED) is 0.796. The van der Waals surface area contributed by atoms with E-state index in [1.54, 1.807) is 29.5 Å². The predicted molar refractivity (Wildman–Crippen MR) is 106 cm³/mol. The first-order chi connectivity index (χ1) is 12.9. The van der Waals surface area contributed by atoms with Crippen molar-refractivity contribution in [2.24, 2.45) is 0 Å². The van der Waals surface area contributed by atoms with Crippen molar-refractivity contribution in [2.45, 2.75) is 50.5 Å². The van der Waals surface area contributed by atoms with E-state index in [1.807, 2.05) is 19.2 Å². The molecule has 1 saturated heterocycles. The largest absolute Gasteiger partial charge is 0.344 e. The minimum Gasteiger partial charge on any atom is -0.344 e. The Labute approximate surface area is 164 Å². The summed E-state index contributed by atoms with van der Waals surface area (Å²) in [6.07, 6.45) is 3.60. The monoisotopic (exact) mass is 407 g/mol. The number of aryl methyl sites for hydroxylation is 1. The third-order valence-electron chi connectivity index (χ3n) is 4.73. The minimum absolute atomic E-state index is 0.0733. The number of thiazole rings is 1. The summed E-state index contributed by atoms with van der Waals surface area (Å²) < 4.78 is 27.6.